The average Bonchev–Trinajstić information content (AvgIpc) is 3.39. The number of para-hydroxylation sites is 1. The summed E-state index contributed by atoms with van der Waals surface area (Å²) in [5.74, 6) is 0.370. The van der Waals surface area contributed by atoms with Crippen LogP contribution in [0.15, 0.2) is 53.1 Å². The van der Waals surface area contributed by atoms with E-state index < -0.39 is 0 Å². The zero-order chi connectivity index (χ0) is 20.9. The van der Waals surface area contributed by atoms with E-state index in [-0.39, 0.29) is 30.1 Å². The summed E-state index contributed by atoms with van der Waals surface area (Å²) in [4.78, 5) is 42.9. The number of piperazine rings is 1. The first-order valence-electron chi connectivity index (χ1n) is 10.2. The molecule has 1 aromatic heterocycles. The standard InChI is InChI=1S/C22H26N4O4/c27-20(23-18-5-2-1-3-6-18)16-24-8-10-25(11-9-24)22(29)17-13-21(28)26(14-17)15-19-7-4-12-30-19/h1-7,12,17H,8-11,13-16H2,(H,23,27). The summed E-state index contributed by atoms with van der Waals surface area (Å²) in [7, 11) is 0. The van der Waals surface area contributed by atoms with Gasteiger partial charge in [0.15, 0.2) is 0 Å². The monoisotopic (exact) mass is 410 g/mol. The van der Waals surface area contributed by atoms with Crippen molar-refractivity contribution in [1.82, 2.24) is 14.7 Å². The number of carbonyl (C=O) groups excluding carboxylic acids is 3. The zero-order valence-corrected chi connectivity index (χ0v) is 16.8. The SMILES string of the molecule is O=C(CN1CCN(C(=O)C2CC(=O)N(Cc3ccco3)C2)CC1)Nc1ccccc1. The van der Waals surface area contributed by atoms with Crippen LogP contribution in [-0.2, 0) is 20.9 Å². The lowest BCUT2D eigenvalue weighted by molar-refractivity contribution is -0.137. The fourth-order valence-corrected chi connectivity index (χ4v) is 3.99. The van der Waals surface area contributed by atoms with Crippen molar-refractivity contribution in [1.29, 1.82) is 0 Å². The van der Waals surface area contributed by atoms with Gasteiger partial charge in [-0.1, -0.05) is 18.2 Å². The van der Waals surface area contributed by atoms with Crippen molar-refractivity contribution < 1.29 is 18.8 Å². The molecule has 2 aliphatic rings. The number of likely N-dealkylation sites (tertiary alicyclic amines) is 1. The number of amides is 3. The third-order valence-electron chi connectivity index (χ3n) is 5.60. The van der Waals surface area contributed by atoms with Crippen LogP contribution in [0, 0.1) is 5.92 Å². The van der Waals surface area contributed by atoms with E-state index in [0.29, 0.717) is 45.8 Å². The Morgan fingerprint density at radius 1 is 1.03 bits per heavy atom. The zero-order valence-electron chi connectivity index (χ0n) is 16.8. The second-order valence-corrected chi connectivity index (χ2v) is 7.77. The number of rotatable bonds is 6. The average molecular weight is 410 g/mol. The van der Waals surface area contributed by atoms with Crippen molar-refractivity contribution >= 4 is 23.4 Å². The highest BCUT2D eigenvalue weighted by Gasteiger charge is 2.37. The summed E-state index contributed by atoms with van der Waals surface area (Å²) in [5.41, 5.74) is 0.779. The highest BCUT2D eigenvalue weighted by molar-refractivity contribution is 5.92. The van der Waals surface area contributed by atoms with Crippen molar-refractivity contribution in [3.05, 3.63) is 54.5 Å². The van der Waals surface area contributed by atoms with Gasteiger partial charge in [0.1, 0.15) is 5.76 Å². The summed E-state index contributed by atoms with van der Waals surface area (Å²) in [6.45, 7) is 3.56. The maximum absolute atomic E-state index is 12.9. The molecule has 0 saturated carbocycles. The minimum absolute atomic E-state index is 0.0130. The molecular weight excluding hydrogens is 384 g/mol. The first-order chi connectivity index (χ1) is 14.6. The predicted octanol–water partition coefficient (Wildman–Crippen LogP) is 1.41. The molecule has 0 radical (unpaired) electrons. The van der Waals surface area contributed by atoms with Gasteiger partial charge < -0.3 is 19.5 Å². The Labute approximate surface area is 175 Å². The second-order valence-electron chi connectivity index (χ2n) is 7.77. The fraction of sp³-hybridized carbons (Fsp3) is 0.409. The van der Waals surface area contributed by atoms with Gasteiger partial charge in [-0.3, -0.25) is 19.3 Å². The number of anilines is 1. The van der Waals surface area contributed by atoms with E-state index in [4.69, 9.17) is 4.42 Å². The molecule has 0 aliphatic carbocycles. The van der Waals surface area contributed by atoms with E-state index in [9.17, 15) is 14.4 Å². The van der Waals surface area contributed by atoms with Gasteiger partial charge in [-0.25, -0.2) is 0 Å². The molecule has 2 saturated heterocycles. The number of furan rings is 1. The number of hydrogen-bond acceptors (Lipinski definition) is 5. The normalized spacial score (nSPS) is 19.9. The van der Waals surface area contributed by atoms with Gasteiger partial charge in [0, 0.05) is 44.8 Å². The second kappa shape index (κ2) is 9.13. The minimum atomic E-state index is -0.305. The molecule has 1 unspecified atom stereocenters. The molecule has 1 aromatic carbocycles. The summed E-state index contributed by atoms with van der Waals surface area (Å²) in [5, 5.41) is 2.88. The summed E-state index contributed by atoms with van der Waals surface area (Å²) in [6.07, 6.45) is 1.83. The van der Waals surface area contributed by atoms with Gasteiger partial charge in [-0.2, -0.15) is 0 Å². The minimum Gasteiger partial charge on any atom is -0.467 e. The van der Waals surface area contributed by atoms with Gasteiger partial charge in [0.2, 0.25) is 17.7 Å². The molecule has 1 N–H and O–H groups in total. The molecule has 4 rings (SSSR count). The van der Waals surface area contributed by atoms with Crippen molar-refractivity contribution in [2.75, 3.05) is 44.6 Å². The molecule has 1 atom stereocenters. The van der Waals surface area contributed by atoms with Crippen LogP contribution in [0.5, 0.6) is 0 Å². The lowest BCUT2D eigenvalue weighted by Crippen LogP contribution is -2.52. The summed E-state index contributed by atoms with van der Waals surface area (Å²) < 4.78 is 5.31. The van der Waals surface area contributed by atoms with Crippen LogP contribution in [0.4, 0.5) is 5.69 Å². The number of benzene rings is 1. The van der Waals surface area contributed by atoms with Crippen molar-refractivity contribution in [2.45, 2.75) is 13.0 Å². The van der Waals surface area contributed by atoms with E-state index in [1.807, 2.05) is 46.2 Å². The number of nitrogens with one attached hydrogen (secondary N) is 1. The van der Waals surface area contributed by atoms with Gasteiger partial charge in [-0.15, -0.1) is 0 Å². The van der Waals surface area contributed by atoms with Gasteiger partial charge in [0.25, 0.3) is 0 Å². The van der Waals surface area contributed by atoms with E-state index >= 15 is 0 Å². The molecule has 2 aromatic rings. The fourth-order valence-electron chi connectivity index (χ4n) is 3.99. The first-order valence-corrected chi connectivity index (χ1v) is 10.2. The van der Waals surface area contributed by atoms with Crippen LogP contribution in [0.25, 0.3) is 0 Å². The number of hydrogen-bond donors (Lipinski definition) is 1. The van der Waals surface area contributed by atoms with Crippen molar-refractivity contribution in [2.24, 2.45) is 5.92 Å². The molecule has 30 heavy (non-hydrogen) atoms. The van der Waals surface area contributed by atoms with Crippen LogP contribution in [-0.4, -0.2) is 71.7 Å². The van der Waals surface area contributed by atoms with E-state index in [1.54, 1.807) is 17.2 Å². The number of nitrogens with zero attached hydrogens (tertiary/aromatic N) is 3. The molecule has 0 bridgehead atoms. The maximum atomic E-state index is 12.9. The van der Waals surface area contributed by atoms with Gasteiger partial charge >= 0.3 is 0 Å². The van der Waals surface area contributed by atoms with Crippen LogP contribution < -0.4 is 5.32 Å². The Hall–Kier alpha value is -3.13. The molecular formula is C22H26N4O4. The highest BCUT2D eigenvalue weighted by Crippen LogP contribution is 2.23. The van der Waals surface area contributed by atoms with Crippen LogP contribution in [0.2, 0.25) is 0 Å². The first kappa shape index (κ1) is 20.2. The summed E-state index contributed by atoms with van der Waals surface area (Å²) >= 11 is 0. The van der Waals surface area contributed by atoms with Gasteiger partial charge in [-0.05, 0) is 24.3 Å². The Kier molecular flexibility index (Phi) is 6.13. The molecule has 3 amide bonds. The lowest BCUT2D eigenvalue weighted by Gasteiger charge is -2.35. The lowest BCUT2D eigenvalue weighted by atomic mass is 10.1. The largest absolute Gasteiger partial charge is 0.467 e. The van der Waals surface area contributed by atoms with Gasteiger partial charge in [0.05, 0.1) is 25.3 Å². The molecule has 8 nitrogen and oxygen atoms in total. The molecule has 2 aliphatic heterocycles. The topological polar surface area (TPSA) is 86.1 Å². The van der Waals surface area contributed by atoms with Crippen molar-refractivity contribution in [3.63, 3.8) is 0 Å². The van der Waals surface area contributed by atoms with Crippen molar-refractivity contribution in [3.8, 4) is 0 Å². The Balaban J connectivity index is 1.22. The molecule has 3 heterocycles. The number of carbonyl (C=O) groups is 3. The third-order valence-corrected chi connectivity index (χ3v) is 5.60. The molecule has 0 spiro atoms. The Bertz CT molecular complexity index is 876. The smallest absolute Gasteiger partial charge is 0.238 e. The maximum Gasteiger partial charge on any atom is 0.238 e. The Morgan fingerprint density at radius 2 is 1.80 bits per heavy atom. The van der Waals surface area contributed by atoms with Crippen LogP contribution in [0.3, 0.4) is 0 Å². The van der Waals surface area contributed by atoms with E-state index in [2.05, 4.69) is 5.32 Å². The quantitative estimate of drug-likeness (QED) is 0.778. The van der Waals surface area contributed by atoms with E-state index in [1.165, 1.54) is 0 Å². The van der Waals surface area contributed by atoms with E-state index in [0.717, 1.165) is 11.4 Å². The molecule has 158 valence electrons. The molecule has 2 fully saturated rings. The highest BCUT2D eigenvalue weighted by atomic mass is 16.3. The summed E-state index contributed by atoms with van der Waals surface area (Å²) in [6, 6.07) is 13.0. The predicted molar refractivity (Wildman–Crippen MR) is 110 cm³/mol. The van der Waals surface area contributed by atoms with Crippen LogP contribution in [0.1, 0.15) is 12.2 Å². The third kappa shape index (κ3) is 4.88. The Morgan fingerprint density at radius 3 is 2.50 bits per heavy atom. The molecule has 8 heteroatoms. The van der Waals surface area contributed by atoms with Crippen LogP contribution >= 0.6 is 0 Å².